The van der Waals surface area contributed by atoms with Crippen molar-refractivity contribution in [1.29, 1.82) is 0 Å². The second kappa shape index (κ2) is 7.28. The highest BCUT2D eigenvalue weighted by atomic mass is 14.5. The van der Waals surface area contributed by atoms with Gasteiger partial charge in [0.1, 0.15) is 0 Å². The predicted molar refractivity (Wildman–Crippen MR) is 156 cm³/mol. The van der Waals surface area contributed by atoms with E-state index in [-0.39, 0.29) is 10.8 Å². The summed E-state index contributed by atoms with van der Waals surface area (Å²) in [6.45, 7) is 0.358. The zero-order chi connectivity index (χ0) is 24.2. The van der Waals surface area contributed by atoms with Gasteiger partial charge in [-0.3, -0.25) is 0 Å². The molecule has 3 heterocycles. The molecular weight excluding hydrogens is 443 g/mol. The van der Waals surface area contributed by atoms with E-state index in [9.17, 15) is 0 Å². The molecule has 3 aliphatic heterocycles. The van der Waals surface area contributed by atoms with Crippen molar-refractivity contribution in [1.82, 2.24) is 0 Å². The predicted octanol–water partition coefficient (Wildman–Crippen LogP) is 6.98. The molecule has 0 amide bonds. The van der Waals surface area contributed by atoms with Crippen molar-refractivity contribution in [3.05, 3.63) is 101 Å². The first-order chi connectivity index (χ1) is 18.3. The maximum Gasteiger partial charge on any atom is 0.244 e. The first kappa shape index (κ1) is 20.9. The van der Waals surface area contributed by atoms with Crippen LogP contribution in [0.25, 0.3) is 22.3 Å². The van der Waals surface area contributed by atoms with E-state index < -0.39 is 0 Å². The summed E-state index contributed by atoms with van der Waals surface area (Å²) in [6, 6.07) is 31.5. The zero-order valence-electron chi connectivity index (χ0n) is 21.7. The van der Waals surface area contributed by atoms with Crippen LogP contribution in [0.15, 0.2) is 78.9 Å². The van der Waals surface area contributed by atoms with Crippen LogP contribution in [0.3, 0.4) is 0 Å². The molecule has 2 saturated carbocycles. The molecule has 2 aliphatic carbocycles. The Kier molecular flexibility index (Phi) is 4.12. The molecule has 2 fully saturated rings. The molecule has 0 bridgehead atoms. The first-order valence-electron chi connectivity index (χ1n) is 14.8. The summed E-state index contributed by atoms with van der Waals surface area (Å²) < 4.78 is 0. The topological polar surface area (TPSA) is 0 Å². The molecule has 0 aromatic heterocycles. The third-order valence-corrected chi connectivity index (χ3v) is 11.2. The second-order valence-electron chi connectivity index (χ2n) is 12.6. The molecule has 1 heteroatoms. The van der Waals surface area contributed by atoms with Gasteiger partial charge in [0.15, 0.2) is 0 Å². The minimum Gasteiger partial charge on any atom is -0.0617 e. The van der Waals surface area contributed by atoms with Crippen LogP contribution >= 0.6 is 0 Å². The van der Waals surface area contributed by atoms with Crippen LogP contribution in [0, 0.1) is 0 Å². The van der Waals surface area contributed by atoms with Gasteiger partial charge >= 0.3 is 0 Å². The minimum atomic E-state index is 0.174. The number of fused-ring (bicyclic) bond motifs is 7. The van der Waals surface area contributed by atoms with E-state index in [2.05, 4.69) is 78.9 Å². The van der Waals surface area contributed by atoms with E-state index in [1.807, 2.05) is 0 Å². The monoisotopic (exact) mass is 476 g/mol. The number of rotatable bonds is 0. The Bertz CT molecular complexity index is 1480. The van der Waals surface area contributed by atoms with E-state index in [0.717, 1.165) is 0 Å². The summed E-state index contributed by atoms with van der Waals surface area (Å²) in [4.78, 5) is 0. The Labute approximate surface area is 221 Å². The van der Waals surface area contributed by atoms with Gasteiger partial charge in [0.25, 0.3) is 0 Å². The lowest BCUT2D eigenvalue weighted by Gasteiger charge is -2.52. The van der Waals surface area contributed by atoms with E-state index in [1.165, 1.54) is 86.5 Å². The third kappa shape index (κ3) is 2.43. The summed E-state index contributed by atoms with van der Waals surface area (Å²) >= 11 is 0. The van der Waals surface area contributed by atoms with Crippen LogP contribution in [0.5, 0.6) is 0 Å². The van der Waals surface area contributed by atoms with Crippen LogP contribution in [-0.2, 0) is 10.8 Å². The molecule has 0 radical (unpaired) electrons. The van der Waals surface area contributed by atoms with Crippen LogP contribution in [0.4, 0.5) is 0 Å². The molecule has 2 spiro atoms. The standard InChI is InChI=1S/C36H33B/c1-5-20-35(21-6-1)28-16-9-14-26-24-12-3-4-13-25(24)27-15-10-17-29-33(27)37(32(26)28)34-30(35)18-11-19-31(34)36(29)22-7-2-8-23-36/h3-4,9-19H,1-2,5-8,20-23H2. The molecule has 0 atom stereocenters. The highest BCUT2D eigenvalue weighted by Gasteiger charge is 2.55. The molecule has 4 aromatic carbocycles. The molecule has 0 N–H and O–H groups in total. The Balaban J connectivity index is 1.51. The average Bonchev–Trinajstić information content (AvgIpc) is 3.10. The van der Waals surface area contributed by atoms with Gasteiger partial charge in [0, 0.05) is 10.8 Å². The van der Waals surface area contributed by atoms with Gasteiger partial charge in [-0.05, 0) is 70.2 Å². The molecule has 9 rings (SSSR count). The molecule has 5 aliphatic rings. The van der Waals surface area contributed by atoms with Gasteiger partial charge in [-0.1, -0.05) is 134 Å². The molecule has 0 nitrogen and oxygen atoms in total. The van der Waals surface area contributed by atoms with E-state index in [0.29, 0.717) is 6.71 Å². The summed E-state index contributed by atoms with van der Waals surface area (Å²) in [7, 11) is 0. The Morgan fingerprint density at radius 2 is 0.757 bits per heavy atom. The highest BCUT2D eigenvalue weighted by Crippen LogP contribution is 2.53. The lowest BCUT2D eigenvalue weighted by molar-refractivity contribution is 0.338. The van der Waals surface area contributed by atoms with E-state index in [4.69, 9.17) is 0 Å². The van der Waals surface area contributed by atoms with Gasteiger partial charge in [0.2, 0.25) is 6.71 Å². The first-order valence-corrected chi connectivity index (χ1v) is 14.8. The average molecular weight is 476 g/mol. The Morgan fingerprint density at radius 1 is 0.378 bits per heavy atom. The van der Waals surface area contributed by atoms with Crippen molar-refractivity contribution < 1.29 is 0 Å². The fraction of sp³-hybridized carbons (Fsp3) is 0.333. The summed E-state index contributed by atoms with van der Waals surface area (Å²) in [5, 5.41) is 0. The lowest BCUT2D eigenvalue weighted by atomic mass is 9.25. The van der Waals surface area contributed by atoms with Gasteiger partial charge in [-0.25, -0.2) is 0 Å². The lowest BCUT2D eigenvalue weighted by Crippen LogP contribution is -2.68. The molecule has 0 saturated heterocycles. The van der Waals surface area contributed by atoms with Gasteiger partial charge < -0.3 is 0 Å². The Morgan fingerprint density at radius 3 is 1.22 bits per heavy atom. The van der Waals surface area contributed by atoms with E-state index >= 15 is 0 Å². The molecule has 37 heavy (non-hydrogen) atoms. The van der Waals surface area contributed by atoms with Crippen molar-refractivity contribution >= 4 is 23.1 Å². The smallest absolute Gasteiger partial charge is 0.0617 e. The van der Waals surface area contributed by atoms with Crippen LogP contribution in [0.1, 0.15) is 86.5 Å². The molecule has 4 aromatic rings. The van der Waals surface area contributed by atoms with Crippen molar-refractivity contribution in [3.63, 3.8) is 0 Å². The van der Waals surface area contributed by atoms with Gasteiger partial charge in [0.05, 0.1) is 0 Å². The van der Waals surface area contributed by atoms with E-state index in [1.54, 1.807) is 38.6 Å². The SMILES string of the molecule is c1ccc2c(c1)-c1cccc3c1B1c4c-2cccc4C2(CCCCC2)c2cccc(c21)C31CCCCC1. The summed E-state index contributed by atoms with van der Waals surface area (Å²) in [6.07, 6.45) is 13.4. The zero-order valence-corrected chi connectivity index (χ0v) is 21.7. The normalized spacial score (nSPS) is 20.8. The second-order valence-corrected chi connectivity index (χ2v) is 12.6. The number of benzene rings is 4. The van der Waals surface area contributed by atoms with Crippen molar-refractivity contribution in [3.8, 4) is 22.3 Å². The van der Waals surface area contributed by atoms with Gasteiger partial charge in [-0.15, -0.1) is 0 Å². The highest BCUT2D eigenvalue weighted by molar-refractivity contribution is 6.99. The van der Waals surface area contributed by atoms with Crippen molar-refractivity contribution in [2.75, 3.05) is 0 Å². The number of hydrogen-bond donors (Lipinski definition) is 0. The fourth-order valence-electron chi connectivity index (χ4n) is 9.83. The maximum absolute atomic E-state index is 2.56. The quantitative estimate of drug-likeness (QED) is 0.212. The minimum absolute atomic E-state index is 0.174. The van der Waals surface area contributed by atoms with Crippen LogP contribution < -0.4 is 16.4 Å². The summed E-state index contributed by atoms with van der Waals surface area (Å²) in [5.74, 6) is 0. The third-order valence-electron chi connectivity index (χ3n) is 11.2. The largest absolute Gasteiger partial charge is 0.244 e. The number of hydrogen-bond acceptors (Lipinski definition) is 0. The molecule has 0 unspecified atom stereocenters. The maximum atomic E-state index is 2.56. The van der Waals surface area contributed by atoms with Crippen molar-refractivity contribution in [2.45, 2.75) is 75.0 Å². The van der Waals surface area contributed by atoms with Gasteiger partial charge in [-0.2, -0.15) is 0 Å². The fourth-order valence-corrected chi connectivity index (χ4v) is 9.83. The van der Waals surface area contributed by atoms with Crippen molar-refractivity contribution in [2.24, 2.45) is 0 Å². The summed E-state index contributed by atoms with van der Waals surface area (Å²) in [5.41, 5.74) is 17.9. The van der Waals surface area contributed by atoms with Crippen LogP contribution in [0.2, 0.25) is 0 Å². The Hall–Kier alpha value is -3.06. The molecule has 180 valence electrons. The molecular formula is C36H33B. The van der Waals surface area contributed by atoms with Crippen LogP contribution in [-0.4, -0.2) is 6.71 Å².